The molecule has 6 N–H and O–H groups in total. The zero-order valence-corrected chi connectivity index (χ0v) is 22.9. The molecular formula is C20H18Cl2N6O4S4. The fraction of sp³-hybridized carbons (Fsp3) is 0.250. The lowest BCUT2D eigenvalue weighted by Gasteiger charge is -2.49. The minimum atomic E-state index is -1.21. The number of hydrogen-bond acceptors (Lipinski definition) is 11. The number of halogens is 2. The first-order valence-electron chi connectivity index (χ1n) is 10.1. The summed E-state index contributed by atoms with van der Waals surface area (Å²) in [7, 11) is 0. The molecule has 0 saturated carbocycles. The van der Waals surface area contributed by atoms with Crippen LogP contribution in [0.5, 0.6) is 0 Å². The predicted molar refractivity (Wildman–Crippen MR) is 146 cm³/mol. The average Bonchev–Trinajstić information content (AvgIpc) is 2.85. The fourth-order valence-corrected chi connectivity index (χ4v) is 8.30. The first-order chi connectivity index (χ1) is 17.2. The molecule has 1 fully saturated rings. The highest BCUT2D eigenvalue weighted by molar-refractivity contribution is 8.18. The molecule has 2 atom stereocenters. The third kappa shape index (κ3) is 5.78. The topological polar surface area (TPSA) is 165 Å². The highest BCUT2D eigenvalue weighted by atomic mass is 35.5. The van der Waals surface area contributed by atoms with Crippen molar-refractivity contribution in [3.8, 4) is 0 Å². The molecule has 190 valence electrons. The molecule has 10 nitrogen and oxygen atoms in total. The van der Waals surface area contributed by atoms with Crippen LogP contribution in [0.2, 0.25) is 10.0 Å². The third-order valence-electron chi connectivity index (χ3n) is 5.01. The Hall–Kier alpha value is -1.97. The second kappa shape index (κ2) is 11.6. The number of aliphatic carboxylic acids is 1. The van der Waals surface area contributed by atoms with Crippen molar-refractivity contribution in [1.29, 1.82) is 0 Å². The van der Waals surface area contributed by atoms with E-state index in [2.05, 4.69) is 15.3 Å². The summed E-state index contributed by atoms with van der Waals surface area (Å²) in [6.07, 6.45) is 1.30. The number of β-lactam (4-membered cyclic amide) rings is 1. The number of carboxylic acids is 1. The Morgan fingerprint density at radius 2 is 2.00 bits per heavy atom. The number of carbonyl (C=O) groups excluding carboxylic acids is 2. The van der Waals surface area contributed by atoms with E-state index in [1.54, 1.807) is 18.2 Å². The molecule has 36 heavy (non-hydrogen) atoms. The van der Waals surface area contributed by atoms with Crippen molar-refractivity contribution in [1.82, 2.24) is 20.2 Å². The van der Waals surface area contributed by atoms with Crippen molar-refractivity contribution >= 4 is 99.5 Å². The molecule has 0 radical (unpaired) electrons. The molecule has 1 aromatic carbocycles. The van der Waals surface area contributed by atoms with Gasteiger partial charge in [0.15, 0.2) is 5.82 Å². The van der Waals surface area contributed by atoms with E-state index in [4.69, 9.17) is 34.7 Å². The van der Waals surface area contributed by atoms with Crippen LogP contribution in [0.4, 0.5) is 11.5 Å². The Morgan fingerprint density at radius 1 is 1.22 bits per heavy atom. The van der Waals surface area contributed by atoms with Crippen LogP contribution >= 0.6 is 70.2 Å². The van der Waals surface area contributed by atoms with Crippen LogP contribution in [-0.4, -0.2) is 65.8 Å². The number of nitrogen functional groups attached to an aromatic ring is 2. The highest BCUT2D eigenvalue weighted by Crippen LogP contribution is 2.44. The summed E-state index contributed by atoms with van der Waals surface area (Å²) in [4.78, 5) is 47.7. The van der Waals surface area contributed by atoms with Crippen LogP contribution < -0.4 is 16.8 Å². The monoisotopic (exact) mass is 604 g/mol. The van der Waals surface area contributed by atoms with Gasteiger partial charge in [0.25, 0.3) is 5.91 Å². The van der Waals surface area contributed by atoms with E-state index < -0.39 is 23.3 Å². The van der Waals surface area contributed by atoms with Crippen molar-refractivity contribution in [2.75, 3.05) is 28.1 Å². The van der Waals surface area contributed by atoms with E-state index in [1.165, 1.54) is 58.3 Å². The Bertz CT molecular complexity index is 1270. The molecule has 0 spiro atoms. The van der Waals surface area contributed by atoms with E-state index in [1.807, 2.05) is 0 Å². The van der Waals surface area contributed by atoms with Gasteiger partial charge in [0.2, 0.25) is 5.91 Å². The van der Waals surface area contributed by atoms with Crippen LogP contribution in [0, 0.1) is 0 Å². The SMILES string of the molecule is Nc1ncnc(SCSC2=C(C(=O)O)N3C(=O)C(NC(=O)CSc4cc(Cl)ccc4Cl)[C@H]3SC2)c1N. The molecule has 2 amide bonds. The van der Waals surface area contributed by atoms with Crippen LogP contribution in [0.15, 0.2) is 45.1 Å². The number of nitrogens with two attached hydrogens (primary N) is 2. The number of hydrogen-bond donors (Lipinski definition) is 4. The Labute approximate surface area is 232 Å². The predicted octanol–water partition coefficient (Wildman–Crippen LogP) is 3.22. The minimum absolute atomic E-state index is 0.0257. The van der Waals surface area contributed by atoms with Gasteiger partial charge in [-0.3, -0.25) is 14.5 Å². The summed E-state index contributed by atoms with van der Waals surface area (Å²) in [5, 5.41) is 13.9. The van der Waals surface area contributed by atoms with Crippen LogP contribution in [0.25, 0.3) is 0 Å². The molecule has 1 saturated heterocycles. The van der Waals surface area contributed by atoms with Crippen molar-refractivity contribution in [2.45, 2.75) is 21.3 Å². The average molecular weight is 606 g/mol. The summed E-state index contributed by atoms with van der Waals surface area (Å²) >= 11 is 17.3. The van der Waals surface area contributed by atoms with Gasteiger partial charge >= 0.3 is 5.97 Å². The maximum atomic E-state index is 12.8. The number of carbonyl (C=O) groups is 3. The number of amides is 2. The maximum Gasteiger partial charge on any atom is 0.353 e. The van der Waals surface area contributed by atoms with E-state index in [9.17, 15) is 19.5 Å². The zero-order valence-electron chi connectivity index (χ0n) is 18.1. The Balaban J connectivity index is 1.36. The molecule has 4 rings (SSSR count). The molecule has 0 aliphatic carbocycles. The van der Waals surface area contributed by atoms with Gasteiger partial charge in [0.05, 0.1) is 10.8 Å². The van der Waals surface area contributed by atoms with Crippen molar-refractivity contribution in [3.63, 3.8) is 0 Å². The van der Waals surface area contributed by atoms with Gasteiger partial charge in [-0.2, -0.15) is 0 Å². The van der Waals surface area contributed by atoms with Crippen LogP contribution in [-0.2, 0) is 14.4 Å². The van der Waals surface area contributed by atoms with Gasteiger partial charge in [0.1, 0.15) is 34.2 Å². The molecule has 2 aromatic rings. The molecule has 2 aliphatic heterocycles. The van der Waals surface area contributed by atoms with E-state index >= 15 is 0 Å². The number of carboxylic acid groups (broad SMARTS) is 1. The quantitative estimate of drug-likeness (QED) is 0.143. The van der Waals surface area contributed by atoms with Crippen molar-refractivity contribution in [2.24, 2.45) is 0 Å². The second-order valence-electron chi connectivity index (χ2n) is 7.28. The van der Waals surface area contributed by atoms with Crippen molar-refractivity contribution in [3.05, 3.63) is 45.2 Å². The van der Waals surface area contributed by atoms with E-state index in [0.29, 0.717) is 35.7 Å². The molecule has 3 heterocycles. The number of fused-ring (bicyclic) bond motifs is 1. The Kier molecular flexibility index (Phi) is 8.73. The lowest BCUT2D eigenvalue weighted by Crippen LogP contribution is -2.70. The van der Waals surface area contributed by atoms with Gasteiger partial charge in [0, 0.05) is 25.7 Å². The highest BCUT2D eigenvalue weighted by Gasteiger charge is 2.54. The number of rotatable bonds is 9. The largest absolute Gasteiger partial charge is 0.477 e. The van der Waals surface area contributed by atoms with E-state index in [-0.39, 0.29) is 28.9 Å². The third-order valence-corrected chi connectivity index (χ3v) is 10.4. The number of anilines is 2. The van der Waals surface area contributed by atoms with Gasteiger partial charge in [-0.05, 0) is 18.2 Å². The molecule has 16 heteroatoms. The lowest BCUT2D eigenvalue weighted by atomic mass is 10.1. The minimum Gasteiger partial charge on any atom is -0.477 e. The molecular weight excluding hydrogens is 587 g/mol. The summed E-state index contributed by atoms with van der Waals surface area (Å²) < 4.78 is 0. The van der Waals surface area contributed by atoms with Crippen LogP contribution in [0.3, 0.4) is 0 Å². The van der Waals surface area contributed by atoms with Gasteiger partial charge in [-0.1, -0.05) is 35.0 Å². The number of aromatic nitrogens is 2. The number of nitrogens with zero attached hydrogens (tertiary/aromatic N) is 3. The zero-order chi connectivity index (χ0) is 26.0. The second-order valence-corrected chi connectivity index (χ2v) is 12.6. The normalized spacial score (nSPS) is 19.1. The molecule has 2 aliphatic rings. The number of nitrogens with one attached hydrogen (secondary N) is 1. The molecule has 1 aromatic heterocycles. The van der Waals surface area contributed by atoms with Crippen molar-refractivity contribution < 1.29 is 19.5 Å². The smallest absolute Gasteiger partial charge is 0.353 e. The van der Waals surface area contributed by atoms with Gasteiger partial charge in [-0.15, -0.1) is 35.3 Å². The molecule has 1 unspecified atom stereocenters. The summed E-state index contributed by atoms with van der Waals surface area (Å²) in [6.45, 7) is 0. The summed E-state index contributed by atoms with van der Waals surface area (Å²) in [6, 6.07) is 4.14. The maximum absolute atomic E-state index is 12.8. The van der Waals surface area contributed by atoms with E-state index in [0.717, 1.165) is 0 Å². The molecule has 0 bridgehead atoms. The standard InChI is InChI=1S/C20H18Cl2N6O4S4/c21-8-1-2-9(22)10(3-8)33-5-12(29)27-14-18(30)28-15(20(31)32)11(4-34-19(14)28)35-7-36-17-13(23)16(24)25-6-26-17/h1-3,6,14,19H,4-5,7,23H2,(H,27,29)(H,31,32)(H2,24,25,26)/t14?,19-/m1/s1. The Morgan fingerprint density at radius 3 is 2.75 bits per heavy atom. The summed E-state index contributed by atoms with van der Waals surface area (Å²) in [5.74, 6) is -1.47. The lowest BCUT2D eigenvalue weighted by molar-refractivity contribution is -0.150. The summed E-state index contributed by atoms with van der Waals surface area (Å²) in [5.41, 5.74) is 11.8. The van der Waals surface area contributed by atoms with Gasteiger partial charge < -0.3 is 21.9 Å². The number of thioether (sulfide) groups is 4. The number of benzene rings is 1. The fourth-order valence-electron chi connectivity index (χ4n) is 3.31. The first kappa shape index (κ1) is 27.1. The first-order valence-corrected chi connectivity index (χ1v) is 14.8. The van der Waals surface area contributed by atoms with Gasteiger partial charge in [-0.25, -0.2) is 14.8 Å². The van der Waals surface area contributed by atoms with Crippen LogP contribution in [0.1, 0.15) is 0 Å².